The van der Waals surface area contributed by atoms with Gasteiger partial charge in [-0.2, -0.15) is 0 Å². The van der Waals surface area contributed by atoms with Crippen LogP contribution in [0.4, 0.5) is 0 Å². The molecule has 0 unspecified atom stereocenters. The van der Waals surface area contributed by atoms with Gasteiger partial charge in [-0.25, -0.2) is 15.0 Å². The first kappa shape index (κ1) is 8.47. The fourth-order valence-electron chi connectivity index (χ4n) is 0.959. The van der Waals surface area contributed by atoms with Crippen LogP contribution in [0.2, 0.25) is 10.2 Å². The normalized spacial score (nSPS) is 10.6. The van der Waals surface area contributed by atoms with Gasteiger partial charge in [0.05, 0.1) is 5.02 Å². The van der Waals surface area contributed by atoms with Gasteiger partial charge in [0.2, 0.25) is 5.88 Å². The van der Waals surface area contributed by atoms with E-state index in [4.69, 9.17) is 23.2 Å². The second-order valence-corrected chi connectivity index (χ2v) is 3.12. The summed E-state index contributed by atoms with van der Waals surface area (Å²) in [5.74, 6) is -0.227. The SMILES string of the molecule is Oc1ncnc2c(Cl)cc(Cl)nc12. The summed E-state index contributed by atoms with van der Waals surface area (Å²) in [6, 6.07) is 1.46. The van der Waals surface area contributed by atoms with E-state index in [2.05, 4.69) is 15.0 Å². The van der Waals surface area contributed by atoms with Crippen LogP contribution in [0.5, 0.6) is 5.88 Å². The molecular formula is C7H3Cl2N3O. The molecule has 0 aliphatic heterocycles. The lowest BCUT2D eigenvalue weighted by Gasteiger charge is -1.99. The number of nitrogens with zero attached hydrogens (tertiary/aromatic N) is 3. The first-order valence-corrected chi connectivity index (χ1v) is 4.10. The lowest BCUT2D eigenvalue weighted by atomic mass is 10.3. The smallest absolute Gasteiger partial charge is 0.241 e. The molecule has 0 saturated heterocycles. The molecule has 4 nitrogen and oxygen atoms in total. The van der Waals surface area contributed by atoms with E-state index in [1.165, 1.54) is 12.4 Å². The van der Waals surface area contributed by atoms with Crippen LogP contribution < -0.4 is 0 Å². The zero-order valence-corrected chi connectivity index (χ0v) is 7.71. The van der Waals surface area contributed by atoms with Crippen LogP contribution in [0.1, 0.15) is 0 Å². The molecule has 0 spiro atoms. The molecule has 0 fully saturated rings. The number of fused-ring (bicyclic) bond motifs is 1. The van der Waals surface area contributed by atoms with Crippen molar-refractivity contribution < 1.29 is 5.11 Å². The Kier molecular flexibility index (Phi) is 1.94. The first-order valence-electron chi connectivity index (χ1n) is 3.34. The molecule has 1 N–H and O–H groups in total. The van der Waals surface area contributed by atoms with Gasteiger partial charge in [0, 0.05) is 0 Å². The molecule has 6 heteroatoms. The van der Waals surface area contributed by atoms with Gasteiger partial charge in [-0.1, -0.05) is 23.2 Å². The lowest BCUT2D eigenvalue weighted by molar-refractivity contribution is 0.458. The summed E-state index contributed by atoms with van der Waals surface area (Å²) in [6.07, 6.45) is 1.21. The van der Waals surface area contributed by atoms with Crippen molar-refractivity contribution in [3.8, 4) is 5.88 Å². The number of hydrogen-bond donors (Lipinski definition) is 1. The molecule has 0 saturated carbocycles. The summed E-state index contributed by atoms with van der Waals surface area (Å²) >= 11 is 11.4. The molecule has 0 aromatic carbocycles. The second-order valence-electron chi connectivity index (χ2n) is 2.32. The van der Waals surface area contributed by atoms with Crippen molar-refractivity contribution >= 4 is 34.2 Å². The van der Waals surface area contributed by atoms with Crippen LogP contribution in [-0.4, -0.2) is 20.1 Å². The molecule has 0 atom stereocenters. The van der Waals surface area contributed by atoms with E-state index in [9.17, 15) is 5.11 Å². The van der Waals surface area contributed by atoms with Gasteiger partial charge >= 0.3 is 0 Å². The minimum Gasteiger partial charge on any atom is -0.492 e. The molecule has 0 aliphatic carbocycles. The van der Waals surface area contributed by atoms with Gasteiger partial charge < -0.3 is 5.11 Å². The fraction of sp³-hybridized carbons (Fsp3) is 0. The number of rotatable bonds is 0. The van der Waals surface area contributed by atoms with Crippen molar-refractivity contribution in [1.82, 2.24) is 15.0 Å². The van der Waals surface area contributed by atoms with Crippen molar-refractivity contribution in [3.05, 3.63) is 22.6 Å². The van der Waals surface area contributed by atoms with Crippen LogP contribution in [0, 0.1) is 0 Å². The summed E-state index contributed by atoms with van der Waals surface area (Å²) in [6.45, 7) is 0. The number of hydrogen-bond acceptors (Lipinski definition) is 4. The summed E-state index contributed by atoms with van der Waals surface area (Å²) in [5.41, 5.74) is 0.596. The molecule has 0 bridgehead atoms. The maximum atomic E-state index is 9.29. The van der Waals surface area contributed by atoms with Gasteiger partial charge in [0.1, 0.15) is 17.0 Å². The van der Waals surface area contributed by atoms with E-state index in [1.54, 1.807) is 0 Å². The van der Waals surface area contributed by atoms with Gasteiger partial charge in [-0.15, -0.1) is 0 Å². The molecule has 0 amide bonds. The third-order valence-electron chi connectivity index (χ3n) is 1.49. The maximum Gasteiger partial charge on any atom is 0.241 e. The third-order valence-corrected chi connectivity index (χ3v) is 1.98. The highest BCUT2D eigenvalue weighted by Gasteiger charge is 2.08. The Hall–Kier alpha value is -1.13. The summed E-state index contributed by atoms with van der Waals surface area (Å²) in [5, 5.41) is 9.83. The molecule has 2 rings (SSSR count). The summed E-state index contributed by atoms with van der Waals surface area (Å²) in [7, 11) is 0. The van der Waals surface area contributed by atoms with E-state index >= 15 is 0 Å². The lowest BCUT2D eigenvalue weighted by Crippen LogP contribution is -1.87. The highest BCUT2D eigenvalue weighted by atomic mass is 35.5. The largest absolute Gasteiger partial charge is 0.492 e. The second kappa shape index (κ2) is 2.97. The van der Waals surface area contributed by atoms with Crippen molar-refractivity contribution in [2.24, 2.45) is 0 Å². The molecule has 2 aromatic rings. The van der Waals surface area contributed by atoms with E-state index in [0.29, 0.717) is 10.5 Å². The average Bonchev–Trinajstić information content (AvgIpc) is 2.07. The van der Waals surface area contributed by atoms with Crippen LogP contribution >= 0.6 is 23.2 Å². The minimum absolute atomic E-state index is 0.197. The van der Waals surface area contributed by atoms with Gasteiger partial charge in [0.15, 0.2) is 5.52 Å². The highest BCUT2D eigenvalue weighted by molar-refractivity contribution is 6.37. The Morgan fingerprint density at radius 3 is 2.69 bits per heavy atom. The average molecular weight is 216 g/mol. The molecular weight excluding hydrogens is 213 g/mol. The highest BCUT2D eigenvalue weighted by Crippen LogP contribution is 2.26. The van der Waals surface area contributed by atoms with Gasteiger partial charge in [-0.05, 0) is 6.07 Å². The monoisotopic (exact) mass is 215 g/mol. The van der Waals surface area contributed by atoms with E-state index < -0.39 is 0 Å². The van der Waals surface area contributed by atoms with Gasteiger partial charge in [0.25, 0.3) is 0 Å². The maximum absolute atomic E-state index is 9.29. The van der Waals surface area contributed by atoms with Crippen LogP contribution in [0.3, 0.4) is 0 Å². The molecule has 0 radical (unpaired) electrons. The number of pyridine rings is 1. The molecule has 2 heterocycles. The Bertz CT molecular complexity index is 474. The van der Waals surface area contributed by atoms with Crippen molar-refractivity contribution in [2.75, 3.05) is 0 Å². The van der Waals surface area contributed by atoms with Crippen LogP contribution in [0.25, 0.3) is 11.0 Å². The van der Waals surface area contributed by atoms with Crippen LogP contribution in [0.15, 0.2) is 12.4 Å². The standard InChI is InChI=1S/C7H3Cl2N3O/c8-3-1-4(9)12-6-5(3)10-2-11-7(6)13/h1-2H,(H,10,11,13). The number of aromatic nitrogens is 3. The van der Waals surface area contributed by atoms with Crippen LogP contribution in [-0.2, 0) is 0 Å². The predicted octanol–water partition coefficient (Wildman–Crippen LogP) is 2.04. The minimum atomic E-state index is -0.227. The molecule has 0 aliphatic rings. The van der Waals surface area contributed by atoms with E-state index in [-0.39, 0.29) is 16.5 Å². The van der Waals surface area contributed by atoms with E-state index in [1.807, 2.05) is 0 Å². The third kappa shape index (κ3) is 1.38. The van der Waals surface area contributed by atoms with Crippen molar-refractivity contribution in [1.29, 1.82) is 0 Å². The van der Waals surface area contributed by atoms with Crippen molar-refractivity contribution in [3.63, 3.8) is 0 Å². The number of aromatic hydroxyl groups is 1. The molecule has 13 heavy (non-hydrogen) atoms. The Morgan fingerprint density at radius 2 is 1.92 bits per heavy atom. The van der Waals surface area contributed by atoms with Gasteiger partial charge in [-0.3, -0.25) is 0 Å². The molecule has 66 valence electrons. The Labute approximate surface area is 83.2 Å². The summed E-state index contributed by atoms with van der Waals surface area (Å²) in [4.78, 5) is 11.3. The zero-order valence-electron chi connectivity index (χ0n) is 6.20. The van der Waals surface area contributed by atoms with Crippen molar-refractivity contribution in [2.45, 2.75) is 0 Å². The fourth-order valence-corrected chi connectivity index (χ4v) is 1.45. The Morgan fingerprint density at radius 1 is 1.15 bits per heavy atom. The van der Waals surface area contributed by atoms with E-state index in [0.717, 1.165) is 0 Å². The predicted molar refractivity (Wildman–Crippen MR) is 49.0 cm³/mol. The topological polar surface area (TPSA) is 58.9 Å². The molecule has 2 aromatic heterocycles. The zero-order chi connectivity index (χ0) is 9.42. The first-order chi connectivity index (χ1) is 6.18. The Balaban J connectivity index is 2.94. The number of halogens is 2. The summed E-state index contributed by atoms with van der Waals surface area (Å²) < 4.78 is 0. The quantitative estimate of drug-likeness (QED) is 0.684.